The smallest absolute Gasteiger partial charge is 0.339 e. The fraction of sp³-hybridized carbons (Fsp3) is 0.0435. The average Bonchev–Trinajstić information content (AvgIpc) is 3.01. The molecule has 1 aliphatic carbocycles. The highest BCUT2D eigenvalue weighted by atomic mass is 16.5. The third kappa shape index (κ3) is 2.46. The van der Waals surface area contributed by atoms with Crippen LogP contribution in [0.3, 0.4) is 0 Å². The van der Waals surface area contributed by atoms with Gasteiger partial charge in [0.15, 0.2) is 6.10 Å². The van der Waals surface area contributed by atoms with Crippen molar-refractivity contribution in [3.8, 4) is 11.1 Å². The molecule has 3 aromatic carbocycles. The highest BCUT2D eigenvalue weighted by Gasteiger charge is 2.31. The van der Waals surface area contributed by atoms with Crippen molar-refractivity contribution in [3.63, 3.8) is 0 Å². The number of fused-ring (bicyclic) bond motifs is 4. The van der Waals surface area contributed by atoms with Gasteiger partial charge in [0.25, 0.3) is 0 Å². The summed E-state index contributed by atoms with van der Waals surface area (Å²) >= 11 is 0. The van der Waals surface area contributed by atoms with Gasteiger partial charge >= 0.3 is 5.97 Å². The summed E-state index contributed by atoms with van der Waals surface area (Å²) in [5, 5.41) is 0.668. The second-order valence-corrected chi connectivity index (χ2v) is 6.55. The Bertz CT molecular complexity index is 1210. The van der Waals surface area contributed by atoms with Crippen LogP contribution < -0.4 is 5.56 Å². The lowest BCUT2D eigenvalue weighted by Gasteiger charge is -2.16. The molecule has 27 heavy (non-hydrogen) atoms. The van der Waals surface area contributed by atoms with Crippen LogP contribution in [0.25, 0.3) is 22.0 Å². The molecule has 0 radical (unpaired) electrons. The number of H-pyrrole nitrogens is 1. The van der Waals surface area contributed by atoms with E-state index in [0.717, 1.165) is 22.3 Å². The third-order valence-electron chi connectivity index (χ3n) is 4.97. The van der Waals surface area contributed by atoms with Crippen LogP contribution in [0.4, 0.5) is 0 Å². The summed E-state index contributed by atoms with van der Waals surface area (Å²) < 4.78 is 5.92. The van der Waals surface area contributed by atoms with Crippen molar-refractivity contribution in [1.82, 2.24) is 4.98 Å². The first-order valence-corrected chi connectivity index (χ1v) is 8.73. The minimum atomic E-state index is -0.506. The summed E-state index contributed by atoms with van der Waals surface area (Å²) in [5.41, 5.74) is 4.62. The first-order valence-electron chi connectivity index (χ1n) is 8.73. The van der Waals surface area contributed by atoms with E-state index in [4.69, 9.17) is 4.74 Å². The van der Waals surface area contributed by atoms with E-state index in [1.54, 1.807) is 12.1 Å². The van der Waals surface area contributed by atoms with E-state index in [0.29, 0.717) is 10.9 Å². The van der Waals surface area contributed by atoms with Gasteiger partial charge in [-0.2, -0.15) is 0 Å². The molecule has 0 aliphatic heterocycles. The molecule has 0 saturated carbocycles. The molecule has 0 spiro atoms. The third-order valence-corrected chi connectivity index (χ3v) is 4.97. The molecular weight excluding hydrogens is 338 g/mol. The molecule has 5 rings (SSSR count). The first-order chi connectivity index (χ1) is 13.2. The van der Waals surface area contributed by atoms with E-state index in [9.17, 15) is 9.59 Å². The summed E-state index contributed by atoms with van der Waals surface area (Å²) in [6.45, 7) is 0. The fourth-order valence-corrected chi connectivity index (χ4v) is 3.78. The topological polar surface area (TPSA) is 59.2 Å². The van der Waals surface area contributed by atoms with Gasteiger partial charge in [-0.1, -0.05) is 66.7 Å². The van der Waals surface area contributed by atoms with Crippen molar-refractivity contribution in [2.45, 2.75) is 6.10 Å². The second kappa shape index (κ2) is 5.95. The molecule has 0 unspecified atom stereocenters. The molecule has 0 amide bonds. The predicted octanol–water partition coefficient (Wildman–Crippen LogP) is 4.45. The zero-order valence-electron chi connectivity index (χ0n) is 14.3. The Labute approximate surface area is 155 Å². The number of rotatable bonds is 2. The lowest BCUT2D eigenvalue weighted by Crippen LogP contribution is -2.15. The van der Waals surface area contributed by atoms with E-state index >= 15 is 0 Å². The highest BCUT2D eigenvalue weighted by Crippen LogP contribution is 2.45. The quantitative estimate of drug-likeness (QED) is 0.542. The lowest BCUT2D eigenvalue weighted by atomic mass is 10.1. The van der Waals surface area contributed by atoms with Crippen LogP contribution in [0.1, 0.15) is 27.6 Å². The minimum absolute atomic E-state index is 0.274. The first kappa shape index (κ1) is 15.6. The molecule has 4 nitrogen and oxygen atoms in total. The molecule has 4 heteroatoms. The Morgan fingerprint density at radius 3 is 2.11 bits per heavy atom. The fourth-order valence-electron chi connectivity index (χ4n) is 3.78. The van der Waals surface area contributed by atoms with Crippen LogP contribution in [0.15, 0.2) is 83.7 Å². The van der Waals surface area contributed by atoms with Crippen LogP contribution in [-0.2, 0) is 4.74 Å². The Balaban J connectivity index is 1.61. The number of esters is 1. The summed E-state index contributed by atoms with van der Waals surface area (Å²) in [5.74, 6) is -0.506. The van der Waals surface area contributed by atoms with Gasteiger partial charge in [0.2, 0.25) is 5.56 Å². The van der Waals surface area contributed by atoms with E-state index in [2.05, 4.69) is 4.98 Å². The van der Waals surface area contributed by atoms with E-state index in [-0.39, 0.29) is 11.1 Å². The number of hydrogen-bond donors (Lipinski definition) is 1. The van der Waals surface area contributed by atoms with Gasteiger partial charge < -0.3 is 9.72 Å². The van der Waals surface area contributed by atoms with E-state index < -0.39 is 12.1 Å². The van der Waals surface area contributed by atoms with Crippen molar-refractivity contribution in [3.05, 3.63) is 106 Å². The zero-order chi connectivity index (χ0) is 18.4. The zero-order valence-corrected chi connectivity index (χ0v) is 14.3. The molecule has 0 atom stereocenters. The summed E-state index contributed by atoms with van der Waals surface area (Å²) in [6, 6.07) is 24.4. The van der Waals surface area contributed by atoms with Gasteiger partial charge in [0, 0.05) is 28.1 Å². The van der Waals surface area contributed by atoms with E-state index in [1.165, 1.54) is 6.07 Å². The monoisotopic (exact) mass is 353 g/mol. The average molecular weight is 353 g/mol. The van der Waals surface area contributed by atoms with Crippen LogP contribution in [0, 0.1) is 0 Å². The maximum Gasteiger partial charge on any atom is 0.339 e. The number of pyridine rings is 1. The lowest BCUT2D eigenvalue weighted by molar-refractivity contribution is 0.0388. The molecule has 0 fully saturated rings. The Hall–Kier alpha value is -3.66. The molecule has 4 aromatic rings. The van der Waals surface area contributed by atoms with Crippen LogP contribution in [-0.4, -0.2) is 11.0 Å². The SMILES string of the molecule is O=C(OC1c2ccccc2-c2ccccc21)c1cc(=O)[nH]c2ccccc12. The molecule has 130 valence electrons. The number of carbonyl (C=O) groups excluding carboxylic acids is 1. The van der Waals surface area contributed by atoms with Crippen molar-refractivity contribution in [1.29, 1.82) is 0 Å². The number of para-hydroxylation sites is 1. The number of nitrogens with one attached hydrogen (secondary N) is 1. The van der Waals surface area contributed by atoms with Gasteiger partial charge in [-0.15, -0.1) is 0 Å². The highest BCUT2D eigenvalue weighted by molar-refractivity contribution is 6.03. The molecule has 0 bridgehead atoms. The number of benzene rings is 3. The summed E-state index contributed by atoms with van der Waals surface area (Å²) in [6.07, 6.45) is -0.483. The van der Waals surface area contributed by atoms with Gasteiger partial charge in [0.05, 0.1) is 5.56 Å². The molecule has 0 saturated heterocycles. The number of aromatic amines is 1. The number of aromatic nitrogens is 1. The summed E-state index contributed by atoms with van der Waals surface area (Å²) in [4.78, 5) is 27.7. The van der Waals surface area contributed by atoms with Crippen LogP contribution in [0.5, 0.6) is 0 Å². The van der Waals surface area contributed by atoms with Gasteiger partial charge in [0.1, 0.15) is 0 Å². The predicted molar refractivity (Wildman–Crippen MR) is 104 cm³/mol. The number of carbonyl (C=O) groups is 1. The molecule has 1 aliphatic rings. The maximum atomic E-state index is 13.0. The van der Waals surface area contributed by atoms with Gasteiger partial charge in [-0.3, -0.25) is 4.79 Å². The second-order valence-electron chi connectivity index (χ2n) is 6.55. The number of ether oxygens (including phenoxy) is 1. The summed E-state index contributed by atoms with van der Waals surface area (Å²) in [7, 11) is 0. The normalized spacial score (nSPS) is 12.6. The number of hydrogen-bond acceptors (Lipinski definition) is 3. The van der Waals surface area contributed by atoms with Crippen LogP contribution in [0.2, 0.25) is 0 Å². The standard InChI is InChI=1S/C23H15NO3/c25-21-13-19(16-9-5-6-12-20(16)24-21)23(26)27-22-17-10-3-1-7-14(17)15-8-2-4-11-18(15)22/h1-13,22H,(H,24,25). The molecule has 1 N–H and O–H groups in total. The molecule has 1 aromatic heterocycles. The van der Waals surface area contributed by atoms with Crippen molar-refractivity contribution < 1.29 is 9.53 Å². The maximum absolute atomic E-state index is 13.0. The van der Waals surface area contributed by atoms with Gasteiger partial charge in [-0.25, -0.2) is 4.79 Å². The van der Waals surface area contributed by atoms with Crippen molar-refractivity contribution >= 4 is 16.9 Å². The van der Waals surface area contributed by atoms with E-state index in [1.807, 2.05) is 60.7 Å². The Morgan fingerprint density at radius 1 is 0.815 bits per heavy atom. The Morgan fingerprint density at radius 2 is 1.41 bits per heavy atom. The molecule has 1 heterocycles. The Kier molecular flexibility index (Phi) is 3.44. The minimum Gasteiger partial charge on any atom is -0.449 e. The van der Waals surface area contributed by atoms with Gasteiger partial charge in [-0.05, 0) is 17.2 Å². The van der Waals surface area contributed by atoms with Crippen molar-refractivity contribution in [2.24, 2.45) is 0 Å². The largest absolute Gasteiger partial charge is 0.449 e. The van der Waals surface area contributed by atoms with Crippen molar-refractivity contribution in [2.75, 3.05) is 0 Å². The molecular formula is C23H15NO3. The van der Waals surface area contributed by atoms with Crippen LogP contribution >= 0.6 is 0 Å².